The number of carbonyl (C=O) groups excluding carboxylic acids is 1. The zero-order chi connectivity index (χ0) is 28.5. The number of aryl methyl sites for hydroxylation is 1. The number of benzene rings is 3. The van der Waals surface area contributed by atoms with E-state index in [-0.39, 0.29) is 11.7 Å². The van der Waals surface area contributed by atoms with Crippen molar-refractivity contribution in [1.82, 2.24) is 4.98 Å². The summed E-state index contributed by atoms with van der Waals surface area (Å²) < 4.78 is 89.6. The Morgan fingerprint density at radius 2 is 1.59 bits per heavy atom. The molecule has 0 atom stereocenters. The molecular formula is C29H24F6N2O2. The lowest BCUT2D eigenvalue weighted by Crippen LogP contribution is -2.16. The highest BCUT2D eigenvalue weighted by atomic mass is 19.4. The molecule has 4 aromatic rings. The van der Waals surface area contributed by atoms with E-state index in [1.807, 2.05) is 13.8 Å². The van der Waals surface area contributed by atoms with Gasteiger partial charge in [-0.1, -0.05) is 38.1 Å². The number of carbonyl (C=O) groups is 1. The van der Waals surface area contributed by atoms with Gasteiger partial charge in [0.25, 0.3) is 0 Å². The van der Waals surface area contributed by atoms with Crippen molar-refractivity contribution >= 4 is 28.6 Å². The summed E-state index contributed by atoms with van der Waals surface area (Å²) in [4.78, 5) is 15.4. The van der Waals surface area contributed by atoms with Crippen LogP contribution >= 0.6 is 0 Å². The normalized spacial score (nSPS) is 12.5. The van der Waals surface area contributed by atoms with E-state index in [4.69, 9.17) is 4.74 Å². The van der Waals surface area contributed by atoms with Crippen molar-refractivity contribution in [3.63, 3.8) is 0 Å². The van der Waals surface area contributed by atoms with E-state index in [9.17, 15) is 31.1 Å². The highest BCUT2D eigenvalue weighted by Crippen LogP contribution is 2.47. The van der Waals surface area contributed by atoms with Crippen LogP contribution < -0.4 is 10.1 Å². The monoisotopic (exact) mass is 546 g/mol. The number of hydrogen-bond donors (Lipinski definition) is 2. The molecule has 0 spiro atoms. The number of hydrogen-bond acceptors (Lipinski definition) is 2. The molecule has 0 aliphatic rings. The van der Waals surface area contributed by atoms with Crippen LogP contribution in [0.25, 0.3) is 17.0 Å². The van der Waals surface area contributed by atoms with Crippen LogP contribution in [0.4, 0.5) is 32.0 Å². The second kappa shape index (κ2) is 10.5. The summed E-state index contributed by atoms with van der Waals surface area (Å²) in [6.45, 7) is 5.60. The number of ether oxygens (including phenoxy) is 1. The van der Waals surface area contributed by atoms with Gasteiger partial charge in [-0.15, -0.1) is 0 Å². The summed E-state index contributed by atoms with van der Waals surface area (Å²) in [5.74, 6) is -2.44. The maximum Gasteiger partial charge on any atom is 0.420 e. The first kappa shape index (κ1) is 27.8. The topological polar surface area (TPSA) is 54.1 Å². The molecule has 4 rings (SSSR count). The minimum Gasteiger partial charge on any atom is -0.456 e. The third-order valence-corrected chi connectivity index (χ3v) is 6.10. The van der Waals surface area contributed by atoms with E-state index in [1.54, 1.807) is 37.4 Å². The number of anilines is 1. The van der Waals surface area contributed by atoms with Crippen molar-refractivity contribution in [2.45, 2.75) is 39.0 Å². The third-order valence-electron chi connectivity index (χ3n) is 6.10. The SMILES string of the molecule is Cc1ccccc1/C=C/C(=O)Nc1cc(C(F)(F)F)c(Oc2ccc3[nH]cc(C(C)C)c3c2)c(C(F)(F)F)c1. The molecule has 0 saturated carbocycles. The molecule has 0 radical (unpaired) electrons. The number of nitrogens with one attached hydrogen (secondary N) is 2. The van der Waals surface area contributed by atoms with Crippen molar-refractivity contribution in [1.29, 1.82) is 0 Å². The van der Waals surface area contributed by atoms with Crippen molar-refractivity contribution in [3.8, 4) is 11.5 Å². The summed E-state index contributed by atoms with van der Waals surface area (Å²) in [6.07, 6.45) is -6.25. The number of amides is 1. The van der Waals surface area contributed by atoms with E-state index >= 15 is 0 Å². The Morgan fingerprint density at radius 1 is 0.949 bits per heavy atom. The fourth-order valence-corrected chi connectivity index (χ4v) is 4.14. The molecule has 2 N–H and O–H groups in total. The Labute approximate surface area is 220 Å². The van der Waals surface area contributed by atoms with Crippen molar-refractivity contribution < 1.29 is 35.9 Å². The Morgan fingerprint density at radius 3 is 2.18 bits per heavy atom. The first-order valence-electron chi connectivity index (χ1n) is 11.9. The smallest absolute Gasteiger partial charge is 0.420 e. The molecule has 10 heteroatoms. The number of aromatic nitrogens is 1. The molecule has 39 heavy (non-hydrogen) atoms. The largest absolute Gasteiger partial charge is 0.456 e. The number of halogens is 6. The number of alkyl halides is 6. The number of H-pyrrole nitrogens is 1. The van der Waals surface area contributed by atoms with Crippen molar-refractivity contribution in [3.05, 3.63) is 94.7 Å². The van der Waals surface area contributed by atoms with E-state index in [0.29, 0.717) is 28.6 Å². The van der Waals surface area contributed by atoms with Gasteiger partial charge in [0, 0.05) is 28.9 Å². The minimum absolute atomic E-state index is 0.0493. The molecule has 3 aromatic carbocycles. The lowest BCUT2D eigenvalue weighted by Gasteiger charge is -2.21. The molecule has 1 aromatic heterocycles. The molecule has 0 unspecified atom stereocenters. The molecule has 1 amide bonds. The second-order valence-electron chi connectivity index (χ2n) is 9.28. The fraction of sp³-hybridized carbons (Fsp3) is 0.207. The molecule has 0 bridgehead atoms. The van der Waals surface area contributed by atoms with E-state index in [1.165, 1.54) is 24.3 Å². The second-order valence-corrected chi connectivity index (χ2v) is 9.28. The maximum absolute atomic E-state index is 14.0. The average molecular weight is 547 g/mol. The van der Waals surface area contributed by atoms with Gasteiger partial charge in [-0.3, -0.25) is 4.79 Å². The van der Waals surface area contributed by atoms with Crippen molar-refractivity contribution in [2.75, 3.05) is 5.32 Å². The number of rotatable bonds is 6. The Hall–Kier alpha value is -4.21. The standard InChI is InChI=1S/C29H24F6N2O2/c1-16(2)22-15-36-25-10-9-20(14-21(22)25)39-27-23(28(30,31)32)12-19(13-24(27)29(33,34)35)37-26(38)11-8-18-7-5-4-6-17(18)3/h4-16,36H,1-3H3,(H,37,38)/b11-8+. The molecule has 4 nitrogen and oxygen atoms in total. The minimum atomic E-state index is -5.21. The summed E-state index contributed by atoms with van der Waals surface area (Å²) >= 11 is 0. The number of fused-ring (bicyclic) bond motifs is 1. The summed E-state index contributed by atoms with van der Waals surface area (Å²) in [7, 11) is 0. The molecule has 0 aliphatic heterocycles. The van der Waals surface area contributed by atoms with Crippen molar-refractivity contribution in [2.24, 2.45) is 0 Å². The zero-order valence-corrected chi connectivity index (χ0v) is 21.1. The lowest BCUT2D eigenvalue weighted by atomic mass is 10.0. The average Bonchev–Trinajstić information content (AvgIpc) is 3.26. The quantitative estimate of drug-likeness (QED) is 0.187. The maximum atomic E-state index is 14.0. The van der Waals surface area contributed by atoms with Gasteiger partial charge in [0.2, 0.25) is 5.91 Å². The van der Waals surface area contributed by atoms with E-state index in [0.717, 1.165) is 17.2 Å². The fourth-order valence-electron chi connectivity index (χ4n) is 4.14. The number of aromatic amines is 1. The van der Waals surface area contributed by atoms with Crippen LogP contribution in [0, 0.1) is 6.92 Å². The van der Waals surface area contributed by atoms with Gasteiger partial charge in [-0.05, 0) is 65.9 Å². The van der Waals surface area contributed by atoms with Crippen LogP contribution in [0.1, 0.15) is 47.6 Å². The predicted octanol–water partition coefficient (Wildman–Crippen LogP) is 9.08. The van der Waals surface area contributed by atoms with Crippen LogP contribution in [0.5, 0.6) is 11.5 Å². The highest BCUT2D eigenvalue weighted by molar-refractivity contribution is 6.02. The lowest BCUT2D eigenvalue weighted by molar-refractivity contribution is -0.145. The van der Waals surface area contributed by atoms with Gasteiger partial charge in [-0.2, -0.15) is 26.3 Å². The Kier molecular flexibility index (Phi) is 7.50. The van der Waals surface area contributed by atoms with Gasteiger partial charge in [0.05, 0.1) is 0 Å². The third kappa shape index (κ3) is 6.27. The molecule has 0 aliphatic carbocycles. The molecular weight excluding hydrogens is 522 g/mol. The van der Waals surface area contributed by atoms with Gasteiger partial charge in [0.15, 0.2) is 5.75 Å². The van der Waals surface area contributed by atoms with Crippen LogP contribution in [-0.2, 0) is 17.1 Å². The first-order chi connectivity index (χ1) is 18.2. The van der Waals surface area contributed by atoms with Crippen LogP contribution in [0.2, 0.25) is 0 Å². The highest BCUT2D eigenvalue weighted by Gasteiger charge is 2.43. The molecule has 204 valence electrons. The molecule has 0 saturated heterocycles. The first-order valence-corrected chi connectivity index (χ1v) is 11.9. The predicted molar refractivity (Wildman–Crippen MR) is 138 cm³/mol. The summed E-state index contributed by atoms with van der Waals surface area (Å²) in [5.41, 5.74) is -1.02. The summed E-state index contributed by atoms with van der Waals surface area (Å²) in [5, 5.41) is 2.72. The Bertz CT molecular complexity index is 1510. The van der Waals surface area contributed by atoms with E-state index in [2.05, 4.69) is 10.3 Å². The van der Waals surface area contributed by atoms with Gasteiger partial charge < -0.3 is 15.0 Å². The van der Waals surface area contributed by atoms with Gasteiger partial charge >= 0.3 is 12.4 Å². The molecule has 1 heterocycles. The Balaban J connectivity index is 1.75. The van der Waals surface area contributed by atoms with Crippen LogP contribution in [-0.4, -0.2) is 10.9 Å². The summed E-state index contributed by atoms with van der Waals surface area (Å²) in [6, 6.07) is 12.1. The molecule has 0 fully saturated rings. The van der Waals surface area contributed by atoms with Crippen LogP contribution in [0.3, 0.4) is 0 Å². The zero-order valence-electron chi connectivity index (χ0n) is 21.1. The van der Waals surface area contributed by atoms with Gasteiger partial charge in [-0.25, -0.2) is 0 Å². The van der Waals surface area contributed by atoms with Gasteiger partial charge in [0.1, 0.15) is 16.9 Å². The van der Waals surface area contributed by atoms with Crippen LogP contribution in [0.15, 0.2) is 66.9 Å². The van der Waals surface area contributed by atoms with E-state index < -0.39 is 40.8 Å².